The van der Waals surface area contributed by atoms with Crippen LogP contribution in [-0.2, 0) is 27.6 Å². The van der Waals surface area contributed by atoms with Gasteiger partial charge in [-0.2, -0.15) is 0 Å². The summed E-state index contributed by atoms with van der Waals surface area (Å²) in [6.45, 7) is 7.25. The van der Waals surface area contributed by atoms with E-state index in [0.717, 1.165) is 19.5 Å². The third-order valence-electron chi connectivity index (χ3n) is 1.52. The van der Waals surface area contributed by atoms with Gasteiger partial charge in [0.15, 0.2) is 6.29 Å². The molecule has 0 saturated carbocycles. The van der Waals surface area contributed by atoms with Crippen LogP contribution in [0.5, 0.6) is 0 Å². The van der Waals surface area contributed by atoms with Gasteiger partial charge in [-0.25, -0.2) is 4.57 Å². The minimum absolute atomic E-state index is 0.0370. The molecule has 0 aromatic carbocycles. The molecule has 6 nitrogen and oxygen atoms in total. The molecule has 0 aliphatic carbocycles. The zero-order chi connectivity index (χ0) is 15.3. The Morgan fingerprint density at radius 2 is 1.58 bits per heavy atom. The molecule has 116 valence electrons. The first-order chi connectivity index (χ1) is 8.85. The number of halogens is 2. The van der Waals surface area contributed by atoms with Crippen molar-refractivity contribution in [1.29, 1.82) is 0 Å². The predicted molar refractivity (Wildman–Crippen MR) is 75.2 cm³/mol. The quantitative estimate of drug-likeness (QED) is 0.377. The Hall–Kier alpha value is 0.190. The van der Waals surface area contributed by atoms with Crippen LogP contribution in [0.1, 0.15) is 20.8 Å². The maximum atomic E-state index is 11.0. The van der Waals surface area contributed by atoms with E-state index in [2.05, 4.69) is 13.6 Å². The van der Waals surface area contributed by atoms with Crippen LogP contribution in [0.15, 0.2) is 10.8 Å². The predicted octanol–water partition coefficient (Wildman–Crippen LogP) is 4.09. The van der Waals surface area contributed by atoms with Crippen LogP contribution in [0.25, 0.3) is 0 Å². The monoisotopic (exact) mass is 338 g/mol. The zero-order valence-electron chi connectivity index (χ0n) is 11.7. The molecule has 0 aliphatic heterocycles. The van der Waals surface area contributed by atoms with Gasteiger partial charge in [0.2, 0.25) is 0 Å². The fourth-order valence-electron chi connectivity index (χ4n) is 0.783. The number of hydrogen-bond donors (Lipinski definition) is 0. The lowest BCUT2D eigenvalue weighted by Gasteiger charge is -2.10. The fraction of sp³-hybridized carbons (Fsp3) is 0.800. The van der Waals surface area contributed by atoms with Crippen LogP contribution in [0, 0.1) is 0 Å². The SMILES string of the molecule is CCOC(C)OCC.COP(=O)(OC)OC=C(Cl)Cl. The van der Waals surface area contributed by atoms with Gasteiger partial charge >= 0.3 is 7.82 Å². The van der Waals surface area contributed by atoms with Crippen molar-refractivity contribution in [3.63, 3.8) is 0 Å². The van der Waals surface area contributed by atoms with Crippen molar-refractivity contribution in [2.75, 3.05) is 27.4 Å². The molecular formula is C10H21Cl2O6P. The maximum absolute atomic E-state index is 11.0. The number of ether oxygens (including phenoxy) is 2. The first kappa shape index (κ1) is 21.5. The van der Waals surface area contributed by atoms with Gasteiger partial charge in [-0.3, -0.25) is 9.05 Å². The summed E-state index contributed by atoms with van der Waals surface area (Å²) >= 11 is 10.3. The Balaban J connectivity index is 0. The van der Waals surface area contributed by atoms with Crippen LogP contribution in [0.4, 0.5) is 0 Å². The van der Waals surface area contributed by atoms with Gasteiger partial charge in [-0.05, 0) is 20.8 Å². The highest BCUT2D eigenvalue weighted by Gasteiger charge is 2.22. The number of rotatable bonds is 8. The highest BCUT2D eigenvalue weighted by Crippen LogP contribution is 2.48. The maximum Gasteiger partial charge on any atom is 0.529 e. The van der Waals surface area contributed by atoms with E-state index < -0.39 is 7.82 Å². The van der Waals surface area contributed by atoms with E-state index >= 15 is 0 Å². The molecule has 0 aromatic rings. The van der Waals surface area contributed by atoms with Gasteiger partial charge in [0.05, 0.1) is 0 Å². The summed E-state index contributed by atoms with van der Waals surface area (Å²) in [7, 11) is -1.12. The van der Waals surface area contributed by atoms with Crippen molar-refractivity contribution < 1.29 is 27.6 Å². The van der Waals surface area contributed by atoms with Crippen LogP contribution in [0.3, 0.4) is 0 Å². The largest absolute Gasteiger partial charge is 0.529 e. The summed E-state index contributed by atoms with van der Waals surface area (Å²) in [5.74, 6) is 0. The lowest BCUT2D eigenvalue weighted by molar-refractivity contribution is -0.123. The minimum atomic E-state index is -3.48. The van der Waals surface area contributed by atoms with Crippen LogP contribution in [-0.4, -0.2) is 33.7 Å². The molecule has 0 bridgehead atoms. The summed E-state index contributed by atoms with van der Waals surface area (Å²) in [4.78, 5) is 0. The zero-order valence-corrected chi connectivity index (χ0v) is 14.1. The summed E-state index contributed by atoms with van der Waals surface area (Å²) in [6, 6.07) is 0. The van der Waals surface area contributed by atoms with Gasteiger partial charge in [0.1, 0.15) is 10.8 Å². The van der Waals surface area contributed by atoms with Crippen molar-refractivity contribution in [3.05, 3.63) is 10.8 Å². The fourth-order valence-corrected chi connectivity index (χ4v) is 1.55. The van der Waals surface area contributed by atoms with Crippen molar-refractivity contribution in [1.82, 2.24) is 0 Å². The lowest BCUT2D eigenvalue weighted by atomic mass is 10.7. The number of phosphoric acid groups is 1. The summed E-state index contributed by atoms with van der Waals surface area (Å²) in [6.07, 6.45) is 0.835. The second-order valence-corrected chi connectivity index (χ2v) is 5.65. The molecule has 0 atom stereocenters. The molecule has 0 aliphatic rings. The van der Waals surface area contributed by atoms with Crippen molar-refractivity contribution >= 4 is 31.0 Å². The Bertz CT molecular complexity index is 269. The summed E-state index contributed by atoms with van der Waals surface area (Å²) in [5.41, 5.74) is 0. The molecule has 0 heterocycles. The van der Waals surface area contributed by atoms with E-state index in [-0.39, 0.29) is 10.8 Å². The smallest absolute Gasteiger partial charge is 0.409 e. The van der Waals surface area contributed by atoms with E-state index in [0.29, 0.717) is 0 Å². The molecule has 0 unspecified atom stereocenters. The number of phosphoric ester groups is 1. The molecule has 0 saturated heterocycles. The number of hydrogen-bond acceptors (Lipinski definition) is 6. The second kappa shape index (κ2) is 13.2. The van der Waals surface area contributed by atoms with Gasteiger partial charge in [-0.1, -0.05) is 23.2 Å². The molecule has 9 heteroatoms. The Labute approximate surface area is 124 Å². The van der Waals surface area contributed by atoms with Crippen LogP contribution < -0.4 is 0 Å². The van der Waals surface area contributed by atoms with Crippen molar-refractivity contribution in [3.8, 4) is 0 Å². The van der Waals surface area contributed by atoms with Gasteiger partial charge in [0, 0.05) is 27.4 Å². The van der Waals surface area contributed by atoms with Gasteiger partial charge in [-0.15, -0.1) is 0 Å². The third-order valence-corrected chi connectivity index (χ3v) is 2.96. The lowest BCUT2D eigenvalue weighted by Crippen LogP contribution is -2.11. The molecule has 0 fully saturated rings. The first-order valence-corrected chi connectivity index (χ1v) is 7.71. The second-order valence-electron chi connectivity index (χ2n) is 2.80. The molecule has 0 N–H and O–H groups in total. The molecular weight excluding hydrogens is 318 g/mol. The molecule has 0 rings (SSSR count). The van der Waals surface area contributed by atoms with Crippen LogP contribution in [0.2, 0.25) is 0 Å². The summed E-state index contributed by atoms with van der Waals surface area (Å²) < 4.78 is 34.2. The third kappa shape index (κ3) is 14.4. The molecule has 19 heavy (non-hydrogen) atoms. The van der Waals surface area contributed by atoms with E-state index in [4.69, 9.17) is 32.7 Å². The average molecular weight is 339 g/mol. The highest BCUT2D eigenvalue weighted by atomic mass is 35.5. The van der Waals surface area contributed by atoms with Crippen molar-refractivity contribution in [2.45, 2.75) is 27.1 Å². The van der Waals surface area contributed by atoms with E-state index in [1.165, 1.54) is 14.2 Å². The first-order valence-electron chi connectivity index (χ1n) is 5.49. The Morgan fingerprint density at radius 3 is 1.84 bits per heavy atom. The highest BCUT2D eigenvalue weighted by molar-refractivity contribution is 7.48. The molecule has 0 aromatic heterocycles. The van der Waals surface area contributed by atoms with Gasteiger partial charge in [0.25, 0.3) is 0 Å². The van der Waals surface area contributed by atoms with Crippen molar-refractivity contribution in [2.24, 2.45) is 0 Å². The summed E-state index contributed by atoms with van der Waals surface area (Å²) in [5, 5.41) is 0. The molecule has 0 spiro atoms. The van der Waals surface area contributed by atoms with E-state index in [1.807, 2.05) is 20.8 Å². The van der Waals surface area contributed by atoms with E-state index in [1.54, 1.807) is 0 Å². The van der Waals surface area contributed by atoms with E-state index in [9.17, 15) is 4.57 Å². The Kier molecular flexibility index (Phi) is 14.9. The topological polar surface area (TPSA) is 63.2 Å². The average Bonchev–Trinajstić information content (AvgIpc) is 2.37. The standard InChI is InChI=1S/C6H14O2.C4H7Cl2O4P/c1-4-7-6(3)8-5-2;1-8-11(7,9-2)10-3-4(5)6/h6H,4-5H2,1-3H3;3H,1-2H3. The minimum Gasteiger partial charge on any atom is -0.409 e. The molecule has 0 radical (unpaired) electrons. The van der Waals surface area contributed by atoms with Gasteiger partial charge < -0.3 is 14.0 Å². The Morgan fingerprint density at radius 1 is 1.16 bits per heavy atom. The molecule has 0 amide bonds. The normalized spacial score (nSPS) is 10.7. The van der Waals surface area contributed by atoms with Crippen LogP contribution >= 0.6 is 31.0 Å².